The fraction of sp³-hybridized carbons (Fsp3) is 1.00. The van der Waals surface area contributed by atoms with E-state index in [1.165, 1.54) is 38.5 Å². The molecule has 0 atom stereocenters. The Labute approximate surface area is 153 Å². The summed E-state index contributed by atoms with van der Waals surface area (Å²) in [6.07, 6.45) is 5.60. The van der Waals surface area contributed by atoms with Gasteiger partial charge in [0.1, 0.15) is 0 Å². The average molecular weight is 356 g/mol. The van der Waals surface area contributed by atoms with Crippen LogP contribution in [0, 0.1) is 21.7 Å². The second-order valence-corrected chi connectivity index (χ2v) is 16.8. The van der Waals surface area contributed by atoms with E-state index in [0.717, 1.165) is 0 Å². The van der Waals surface area contributed by atoms with Crippen LogP contribution < -0.4 is 0 Å². The van der Waals surface area contributed by atoms with Gasteiger partial charge in [0, 0.05) is 0 Å². The standard InChI is InChI=1S/C22H46NP/c1-12-19(5,6)21(9,10)24(11,23-15-16-23)17-20(7,8)22(13-14-22)18(2,3)4/h24H,12-17H2,1-11H3. The van der Waals surface area contributed by atoms with Crippen LogP contribution in [0.5, 0.6) is 0 Å². The van der Waals surface area contributed by atoms with Crippen LogP contribution in [-0.4, -0.2) is 35.7 Å². The third-order valence-corrected chi connectivity index (χ3v) is 16.1. The zero-order valence-electron chi connectivity index (χ0n) is 18.7. The Morgan fingerprint density at radius 1 is 0.875 bits per heavy atom. The molecule has 0 amide bonds. The molecular weight excluding hydrogens is 309 g/mol. The van der Waals surface area contributed by atoms with E-state index in [2.05, 4.69) is 80.6 Å². The molecule has 0 radical (unpaired) electrons. The van der Waals surface area contributed by atoms with E-state index in [1.54, 1.807) is 0 Å². The summed E-state index contributed by atoms with van der Waals surface area (Å²) in [5.41, 5.74) is 1.83. The average Bonchev–Trinajstić information content (AvgIpc) is 3.28. The molecule has 0 aromatic carbocycles. The molecule has 1 nitrogen and oxygen atoms in total. The first-order chi connectivity index (χ1) is 10.6. The van der Waals surface area contributed by atoms with Crippen LogP contribution in [-0.2, 0) is 0 Å². The van der Waals surface area contributed by atoms with Crippen LogP contribution in [0.4, 0.5) is 0 Å². The first-order valence-corrected chi connectivity index (χ1v) is 13.0. The molecule has 1 heterocycles. The van der Waals surface area contributed by atoms with Gasteiger partial charge in [-0.25, -0.2) is 0 Å². The van der Waals surface area contributed by atoms with Gasteiger partial charge in [-0.2, -0.15) is 0 Å². The fourth-order valence-corrected chi connectivity index (χ4v) is 12.3. The van der Waals surface area contributed by atoms with Crippen LogP contribution >= 0.6 is 7.41 Å². The normalized spacial score (nSPS) is 23.3. The second-order valence-electron chi connectivity index (χ2n) is 12.0. The molecule has 0 bridgehead atoms. The summed E-state index contributed by atoms with van der Waals surface area (Å²) in [6, 6.07) is 0. The van der Waals surface area contributed by atoms with Gasteiger partial charge in [0.15, 0.2) is 0 Å². The molecule has 0 aromatic heterocycles. The Morgan fingerprint density at radius 2 is 1.33 bits per heavy atom. The van der Waals surface area contributed by atoms with E-state index >= 15 is 0 Å². The van der Waals surface area contributed by atoms with Crippen molar-refractivity contribution in [1.29, 1.82) is 0 Å². The second kappa shape index (κ2) is 5.69. The molecular formula is C22H46NP. The Bertz CT molecular complexity index is 475. The molecule has 1 saturated carbocycles. The molecule has 0 spiro atoms. The quantitative estimate of drug-likeness (QED) is 0.364. The van der Waals surface area contributed by atoms with Crippen LogP contribution in [0.25, 0.3) is 0 Å². The van der Waals surface area contributed by atoms with Gasteiger partial charge in [-0.15, -0.1) is 0 Å². The van der Waals surface area contributed by atoms with Crippen molar-refractivity contribution in [2.24, 2.45) is 21.7 Å². The molecule has 2 fully saturated rings. The zero-order chi connectivity index (χ0) is 18.8. The third kappa shape index (κ3) is 2.90. The van der Waals surface area contributed by atoms with Crippen molar-refractivity contribution >= 4 is 7.41 Å². The molecule has 1 aliphatic carbocycles. The van der Waals surface area contributed by atoms with Gasteiger partial charge in [0.2, 0.25) is 0 Å². The first kappa shape index (κ1) is 20.7. The topological polar surface area (TPSA) is 3.01 Å². The number of nitrogens with zero attached hydrogens (tertiary/aromatic N) is 1. The molecule has 0 N–H and O–H groups in total. The van der Waals surface area contributed by atoms with Crippen molar-refractivity contribution in [2.45, 2.75) is 93.7 Å². The van der Waals surface area contributed by atoms with Gasteiger partial charge in [-0.3, -0.25) is 0 Å². The summed E-state index contributed by atoms with van der Waals surface area (Å²) in [7, 11) is -1.55. The SMILES string of the molecule is CCC(C)(C)C(C)(C)[PH](C)(CC(C)(C)C1(C(C)(C)C)CC1)N1CC1. The molecule has 0 unspecified atom stereocenters. The van der Waals surface area contributed by atoms with E-state index < -0.39 is 7.41 Å². The fourth-order valence-electron chi connectivity index (χ4n) is 6.04. The van der Waals surface area contributed by atoms with Crippen LogP contribution in [0.3, 0.4) is 0 Å². The number of rotatable bonds is 7. The molecule has 0 aromatic rings. The maximum atomic E-state index is 2.91. The van der Waals surface area contributed by atoms with E-state index in [1.807, 2.05) is 0 Å². The van der Waals surface area contributed by atoms with Crippen molar-refractivity contribution in [3.05, 3.63) is 0 Å². The summed E-state index contributed by atoms with van der Waals surface area (Å²) in [5.74, 6) is 0. The van der Waals surface area contributed by atoms with Gasteiger partial charge in [0.25, 0.3) is 0 Å². The summed E-state index contributed by atoms with van der Waals surface area (Å²) in [6.45, 7) is 30.7. The van der Waals surface area contributed by atoms with Crippen LogP contribution in [0.1, 0.15) is 88.5 Å². The van der Waals surface area contributed by atoms with Crippen molar-refractivity contribution in [3.63, 3.8) is 0 Å². The number of hydrogen-bond donors (Lipinski definition) is 0. The Hall–Kier alpha value is 0.390. The molecule has 2 heteroatoms. The van der Waals surface area contributed by atoms with Crippen LogP contribution in [0.15, 0.2) is 0 Å². The van der Waals surface area contributed by atoms with Crippen molar-refractivity contribution < 1.29 is 0 Å². The molecule has 24 heavy (non-hydrogen) atoms. The predicted molar refractivity (Wildman–Crippen MR) is 114 cm³/mol. The molecule has 1 aliphatic heterocycles. The van der Waals surface area contributed by atoms with E-state index in [0.29, 0.717) is 26.8 Å². The zero-order valence-corrected chi connectivity index (χ0v) is 19.7. The summed E-state index contributed by atoms with van der Waals surface area (Å²) in [5, 5.41) is 0.427. The van der Waals surface area contributed by atoms with Gasteiger partial charge >= 0.3 is 153 Å². The van der Waals surface area contributed by atoms with Gasteiger partial charge in [0.05, 0.1) is 0 Å². The van der Waals surface area contributed by atoms with E-state index in [-0.39, 0.29) is 0 Å². The van der Waals surface area contributed by atoms with E-state index in [9.17, 15) is 0 Å². The Morgan fingerprint density at radius 3 is 1.62 bits per heavy atom. The Balaban J connectivity index is 2.39. The molecule has 1 saturated heterocycles. The predicted octanol–water partition coefficient (Wildman–Crippen LogP) is 6.66. The summed E-state index contributed by atoms with van der Waals surface area (Å²) in [4.78, 5) is 0. The Kier molecular flexibility index (Phi) is 4.91. The van der Waals surface area contributed by atoms with Gasteiger partial charge in [-0.05, 0) is 0 Å². The monoisotopic (exact) mass is 355 g/mol. The minimum absolute atomic E-state index is 0.408. The van der Waals surface area contributed by atoms with Crippen molar-refractivity contribution in [2.75, 3.05) is 25.9 Å². The van der Waals surface area contributed by atoms with Crippen LogP contribution in [0.2, 0.25) is 0 Å². The summed E-state index contributed by atoms with van der Waals surface area (Å²) >= 11 is 0. The van der Waals surface area contributed by atoms with Gasteiger partial charge in [-0.1, -0.05) is 0 Å². The molecule has 144 valence electrons. The maximum absolute atomic E-state index is 2.91. The third-order valence-electron chi connectivity index (χ3n) is 9.33. The van der Waals surface area contributed by atoms with E-state index in [4.69, 9.17) is 0 Å². The van der Waals surface area contributed by atoms with Crippen molar-refractivity contribution in [1.82, 2.24) is 4.67 Å². The molecule has 2 aliphatic rings. The van der Waals surface area contributed by atoms with Gasteiger partial charge < -0.3 is 0 Å². The number of hydrogen-bond acceptors (Lipinski definition) is 1. The summed E-state index contributed by atoms with van der Waals surface area (Å²) < 4.78 is 2.91. The minimum atomic E-state index is -1.55. The first-order valence-electron chi connectivity index (χ1n) is 10.3. The van der Waals surface area contributed by atoms with Crippen molar-refractivity contribution in [3.8, 4) is 0 Å². The molecule has 2 rings (SSSR count).